The lowest BCUT2D eigenvalue weighted by molar-refractivity contribution is 0.391. The van der Waals surface area contributed by atoms with E-state index in [-0.39, 0.29) is 0 Å². The third kappa shape index (κ3) is 1.54. The third-order valence-electron chi connectivity index (χ3n) is 1.62. The summed E-state index contributed by atoms with van der Waals surface area (Å²) in [5.41, 5.74) is 0.692. The fraction of sp³-hybridized carbons (Fsp3) is 0.250. The lowest BCUT2D eigenvalue weighted by Gasteiger charge is -1.97. The fourth-order valence-corrected chi connectivity index (χ4v) is 0.978. The molecule has 0 bridgehead atoms. The Morgan fingerprint density at radius 2 is 2.29 bits per heavy atom. The molecule has 0 amide bonds. The van der Waals surface area contributed by atoms with Gasteiger partial charge in [-0.2, -0.15) is 10.1 Å². The van der Waals surface area contributed by atoms with E-state index in [1.165, 1.54) is 13.3 Å². The molecular weight excluding hydrogens is 184 g/mol. The monoisotopic (exact) mass is 192 g/mol. The van der Waals surface area contributed by atoms with Gasteiger partial charge in [-0.1, -0.05) is 5.16 Å². The maximum Gasteiger partial charge on any atom is 0.259 e. The van der Waals surface area contributed by atoms with E-state index in [1.54, 1.807) is 13.0 Å². The summed E-state index contributed by atoms with van der Waals surface area (Å²) in [6, 6.07) is 1.68. The molecule has 0 aliphatic rings. The summed E-state index contributed by atoms with van der Waals surface area (Å²) >= 11 is 0. The summed E-state index contributed by atoms with van der Waals surface area (Å²) < 4.78 is 9.89. The molecule has 2 heterocycles. The molecular formula is C8H8N4O2. The van der Waals surface area contributed by atoms with E-state index in [4.69, 9.17) is 9.26 Å². The first kappa shape index (κ1) is 8.61. The normalized spacial score (nSPS) is 10.1. The zero-order valence-electron chi connectivity index (χ0n) is 7.76. The van der Waals surface area contributed by atoms with Gasteiger partial charge >= 0.3 is 0 Å². The molecule has 0 aliphatic carbocycles. The molecule has 0 spiro atoms. The molecule has 0 fully saturated rings. The summed E-state index contributed by atoms with van der Waals surface area (Å²) in [6.07, 6.45) is 1.54. The van der Waals surface area contributed by atoms with Crippen LogP contribution in [-0.2, 0) is 0 Å². The van der Waals surface area contributed by atoms with Crippen LogP contribution in [0.25, 0.3) is 11.5 Å². The Balaban J connectivity index is 2.41. The van der Waals surface area contributed by atoms with Crippen molar-refractivity contribution < 1.29 is 9.26 Å². The van der Waals surface area contributed by atoms with Crippen LogP contribution in [-0.4, -0.2) is 27.4 Å². The minimum Gasteiger partial charge on any atom is -0.480 e. The highest BCUT2D eigenvalue weighted by molar-refractivity contribution is 5.52. The van der Waals surface area contributed by atoms with Crippen molar-refractivity contribution in [2.75, 3.05) is 7.11 Å². The lowest BCUT2D eigenvalue weighted by Crippen LogP contribution is -1.90. The van der Waals surface area contributed by atoms with Gasteiger partial charge in [-0.3, -0.25) is 0 Å². The molecule has 0 saturated heterocycles. The predicted octanol–water partition coefficient (Wildman–Crippen LogP) is 0.844. The summed E-state index contributed by atoms with van der Waals surface area (Å²) in [6.45, 7) is 1.75. The SMILES string of the molecule is COc1cc(-c2nc(C)no2)cnn1. The molecule has 2 rings (SSSR count). The Bertz CT molecular complexity index is 440. The Morgan fingerprint density at radius 1 is 1.43 bits per heavy atom. The van der Waals surface area contributed by atoms with Crippen molar-refractivity contribution in [3.63, 3.8) is 0 Å². The molecule has 6 nitrogen and oxygen atoms in total. The molecule has 0 N–H and O–H groups in total. The first-order valence-electron chi connectivity index (χ1n) is 3.97. The van der Waals surface area contributed by atoms with Gasteiger partial charge in [0.25, 0.3) is 5.89 Å². The maximum atomic E-state index is 4.97. The van der Waals surface area contributed by atoms with E-state index in [0.29, 0.717) is 23.2 Å². The smallest absolute Gasteiger partial charge is 0.259 e. The summed E-state index contributed by atoms with van der Waals surface area (Å²) in [5, 5.41) is 11.1. The molecule has 0 atom stereocenters. The van der Waals surface area contributed by atoms with Crippen LogP contribution in [0.5, 0.6) is 5.88 Å². The van der Waals surface area contributed by atoms with Crippen molar-refractivity contribution in [1.82, 2.24) is 20.3 Å². The predicted molar refractivity (Wildman–Crippen MR) is 46.6 cm³/mol. The molecule has 72 valence electrons. The van der Waals surface area contributed by atoms with E-state index in [0.717, 1.165) is 0 Å². The van der Waals surface area contributed by atoms with Crippen LogP contribution in [0.4, 0.5) is 0 Å². The average Bonchev–Trinajstić information content (AvgIpc) is 2.65. The molecule has 0 aliphatic heterocycles. The summed E-state index contributed by atoms with van der Waals surface area (Å²) in [7, 11) is 1.52. The molecule has 0 saturated carbocycles. The van der Waals surface area contributed by atoms with Gasteiger partial charge < -0.3 is 9.26 Å². The number of aromatic nitrogens is 4. The van der Waals surface area contributed by atoms with Crippen molar-refractivity contribution >= 4 is 0 Å². The van der Waals surface area contributed by atoms with Crippen LogP contribution in [0.1, 0.15) is 5.82 Å². The summed E-state index contributed by atoms with van der Waals surface area (Å²) in [4.78, 5) is 4.06. The minimum atomic E-state index is 0.413. The molecule has 2 aromatic rings. The minimum absolute atomic E-state index is 0.413. The second kappa shape index (κ2) is 3.41. The Morgan fingerprint density at radius 3 is 2.93 bits per heavy atom. The van der Waals surface area contributed by atoms with Crippen LogP contribution < -0.4 is 4.74 Å². The zero-order chi connectivity index (χ0) is 9.97. The van der Waals surface area contributed by atoms with Crippen molar-refractivity contribution in [2.45, 2.75) is 6.92 Å². The first-order chi connectivity index (χ1) is 6.79. The van der Waals surface area contributed by atoms with E-state index in [9.17, 15) is 0 Å². The van der Waals surface area contributed by atoms with E-state index in [2.05, 4.69) is 20.3 Å². The first-order valence-corrected chi connectivity index (χ1v) is 3.97. The second-order valence-corrected chi connectivity index (χ2v) is 2.63. The van der Waals surface area contributed by atoms with Crippen molar-refractivity contribution in [1.29, 1.82) is 0 Å². The number of hydrogen-bond acceptors (Lipinski definition) is 6. The molecule has 14 heavy (non-hydrogen) atoms. The number of nitrogens with zero attached hydrogens (tertiary/aromatic N) is 4. The van der Waals surface area contributed by atoms with Gasteiger partial charge in [0.05, 0.1) is 18.9 Å². The van der Waals surface area contributed by atoms with Gasteiger partial charge in [-0.05, 0) is 6.92 Å². The maximum absolute atomic E-state index is 4.97. The van der Waals surface area contributed by atoms with Crippen LogP contribution >= 0.6 is 0 Å². The highest BCUT2D eigenvalue weighted by Gasteiger charge is 2.07. The molecule has 0 radical (unpaired) electrons. The van der Waals surface area contributed by atoms with Crippen molar-refractivity contribution in [3.8, 4) is 17.3 Å². The number of methoxy groups -OCH3 is 1. The van der Waals surface area contributed by atoms with E-state index >= 15 is 0 Å². The topological polar surface area (TPSA) is 73.9 Å². The van der Waals surface area contributed by atoms with Gasteiger partial charge in [0, 0.05) is 6.07 Å². The van der Waals surface area contributed by atoms with E-state index in [1.807, 2.05) is 0 Å². The van der Waals surface area contributed by atoms with Crippen LogP contribution in [0.15, 0.2) is 16.8 Å². The van der Waals surface area contributed by atoms with Gasteiger partial charge in [0.15, 0.2) is 5.82 Å². The van der Waals surface area contributed by atoms with Crippen molar-refractivity contribution in [2.24, 2.45) is 0 Å². The average molecular weight is 192 g/mol. The zero-order valence-corrected chi connectivity index (χ0v) is 7.76. The van der Waals surface area contributed by atoms with Crippen LogP contribution in [0.2, 0.25) is 0 Å². The Kier molecular flexibility index (Phi) is 2.10. The van der Waals surface area contributed by atoms with Gasteiger partial charge in [0.1, 0.15) is 0 Å². The van der Waals surface area contributed by atoms with Gasteiger partial charge in [-0.15, -0.1) is 5.10 Å². The summed E-state index contributed by atoms with van der Waals surface area (Å²) in [5.74, 6) is 1.41. The van der Waals surface area contributed by atoms with Gasteiger partial charge in [0.2, 0.25) is 5.88 Å². The number of aryl methyl sites for hydroxylation is 1. The van der Waals surface area contributed by atoms with Crippen LogP contribution in [0.3, 0.4) is 0 Å². The van der Waals surface area contributed by atoms with E-state index < -0.39 is 0 Å². The highest BCUT2D eigenvalue weighted by Crippen LogP contribution is 2.18. The number of hydrogen-bond donors (Lipinski definition) is 0. The molecule has 0 aromatic carbocycles. The largest absolute Gasteiger partial charge is 0.480 e. The molecule has 0 unspecified atom stereocenters. The fourth-order valence-electron chi connectivity index (χ4n) is 0.978. The third-order valence-corrected chi connectivity index (χ3v) is 1.62. The van der Waals surface area contributed by atoms with Crippen LogP contribution in [0, 0.1) is 6.92 Å². The number of ether oxygens (including phenoxy) is 1. The number of rotatable bonds is 2. The standard InChI is InChI=1S/C8H8N4O2/c1-5-10-8(14-12-5)6-3-7(13-2)11-9-4-6/h3-4H,1-2H3. The van der Waals surface area contributed by atoms with Gasteiger partial charge in [-0.25, -0.2) is 0 Å². The second-order valence-electron chi connectivity index (χ2n) is 2.63. The Hall–Kier alpha value is -1.98. The quantitative estimate of drug-likeness (QED) is 0.702. The molecule has 6 heteroatoms. The lowest BCUT2D eigenvalue weighted by atomic mass is 10.3. The Labute approximate surface area is 79.9 Å². The highest BCUT2D eigenvalue weighted by atomic mass is 16.5. The van der Waals surface area contributed by atoms with Crippen molar-refractivity contribution in [3.05, 3.63) is 18.1 Å². The molecule has 2 aromatic heterocycles.